The molecule has 1 aliphatic heterocycles. The van der Waals surface area contributed by atoms with Gasteiger partial charge in [-0.15, -0.1) is 6.42 Å². The molecule has 0 aliphatic carbocycles. The predicted molar refractivity (Wildman–Crippen MR) is 96.0 cm³/mol. The summed E-state index contributed by atoms with van der Waals surface area (Å²) in [5, 5.41) is 3.80. The van der Waals surface area contributed by atoms with Gasteiger partial charge >= 0.3 is 0 Å². The number of aromatic amines is 1. The van der Waals surface area contributed by atoms with Crippen LogP contribution in [0.1, 0.15) is 23.5 Å². The minimum atomic E-state index is -0.438. The maximum absolute atomic E-state index is 12.5. The molecule has 122 valence electrons. The van der Waals surface area contributed by atoms with Crippen molar-refractivity contribution in [2.45, 2.75) is 17.5 Å². The number of amides is 1. The van der Waals surface area contributed by atoms with Crippen LogP contribution in [-0.4, -0.2) is 21.6 Å². The largest absolute Gasteiger partial charge is 0.310 e. The number of carbonyl (C=O) groups is 1. The third kappa shape index (κ3) is 3.29. The molecule has 0 unspecified atom stereocenters. The predicted octanol–water partition coefficient (Wildman–Crippen LogP) is 3.28. The van der Waals surface area contributed by atoms with Crippen LogP contribution in [0.3, 0.4) is 0 Å². The quantitative estimate of drug-likeness (QED) is 0.487. The van der Waals surface area contributed by atoms with Gasteiger partial charge in [-0.25, -0.2) is 4.98 Å². The van der Waals surface area contributed by atoms with E-state index in [1.807, 2.05) is 0 Å². The van der Waals surface area contributed by atoms with Gasteiger partial charge in [0.15, 0.2) is 5.16 Å². The molecule has 1 aromatic heterocycles. The van der Waals surface area contributed by atoms with Gasteiger partial charge in [0.05, 0.1) is 21.4 Å². The Balaban J connectivity index is 2.09. The van der Waals surface area contributed by atoms with Crippen LogP contribution in [-0.2, 0) is 4.79 Å². The maximum atomic E-state index is 12.5. The summed E-state index contributed by atoms with van der Waals surface area (Å²) >= 11 is 13.2. The molecule has 8 heteroatoms. The van der Waals surface area contributed by atoms with Gasteiger partial charge < -0.3 is 10.3 Å². The number of nitrogens with zero attached hydrogens (tertiary/aromatic N) is 1. The first-order valence-corrected chi connectivity index (χ1v) is 8.69. The Morgan fingerprint density at radius 1 is 1.33 bits per heavy atom. The second-order valence-corrected chi connectivity index (χ2v) is 6.88. The van der Waals surface area contributed by atoms with Crippen molar-refractivity contribution in [1.29, 1.82) is 0 Å². The number of anilines is 1. The van der Waals surface area contributed by atoms with E-state index in [0.717, 1.165) is 5.56 Å². The highest BCUT2D eigenvalue weighted by Gasteiger charge is 2.31. The van der Waals surface area contributed by atoms with Gasteiger partial charge in [-0.3, -0.25) is 9.59 Å². The average Bonchev–Trinajstić information content (AvgIpc) is 2.54. The number of hydrogen-bond acceptors (Lipinski definition) is 4. The highest BCUT2D eigenvalue weighted by atomic mass is 35.5. The molecule has 0 saturated carbocycles. The van der Waals surface area contributed by atoms with Crippen molar-refractivity contribution < 1.29 is 4.79 Å². The van der Waals surface area contributed by atoms with E-state index in [0.29, 0.717) is 26.5 Å². The Morgan fingerprint density at radius 3 is 2.83 bits per heavy atom. The average molecular weight is 380 g/mol. The maximum Gasteiger partial charge on any atom is 0.257 e. The molecular formula is C16H11Cl2N3O2S. The van der Waals surface area contributed by atoms with E-state index in [4.69, 9.17) is 29.6 Å². The van der Waals surface area contributed by atoms with Crippen LogP contribution in [0.4, 0.5) is 5.82 Å². The molecule has 1 aromatic carbocycles. The minimum absolute atomic E-state index is 0.132. The van der Waals surface area contributed by atoms with Crippen LogP contribution >= 0.6 is 35.0 Å². The topological polar surface area (TPSA) is 74.8 Å². The zero-order chi connectivity index (χ0) is 17.3. The highest BCUT2D eigenvalue weighted by Crippen LogP contribution is 2.36. The van der Waals surface area contributed by atoms with E-state index >= 15 is 0 Å². The molecule has 0 spiro atoms. The van der Waals surface area contributed by atoms with E-state index in [1.165, 1.54) is 11.8 Å². The van der Waals surface area contributed by atoms with Gasteiger partial charge in [0.1, 0.15) is 5.82 Å². The number of fused-ring (bicyclic) bond motifs is 1. The summed E-state index contributed by atoms with van der Waals surface area (Å²) in [7, 11) is 0. The molecular weight excluding hydrogens is 369 g/mol. The third-order valence-electron chi connectivity index (χ3n) is 3.57. The van der Waals surface area contributed by atoms with Crippen LogP contribution in [0.2, 0.25) is 10.0 Å². The second-order valence-electron chi connectivity index (χ2n) is 5.10. The molecule has 5 nitrogen and oxygen atoms in total. The fourth-order valence-corrected chi connectivity index (χ4v) is 3.39. The van der Waals surface area contributed by atoms with Crippen molar-refractivity contribution in [2.24, 2.45) is 0 Å². The molecule has 1 amide bonds. The van der Waals surface area contributed by atoms with Crippen LogP contribution in [0.15, 0.2) is 28.2 Å². The Bertz CT molecular complexity index is 921. The van der Waals surface area contributed by atoms with E-state index in [2.05, 4.69) is 21.2 Å². The minimum Gasteiger partial charge on any atom is -0.310 e. The number of hydrogen-bond donors (Lipinski definition) is 2. The molecule has 1 atom stereocenters. The van der Waals surface area contributed by atoms with Crippen molar-refractivity contribution in [3.8, 4) is 12.3 Å². The summed E-state index contributed by atoms with van der Waals surface area (Å²) in [5.41, 5.74) is 0.825. The zero-order valence-corrected chi connectivity index (χ0v) is 14.6. The zero-order valence-electron chi connectivity index (χ0n) is 12.2. The monoisotopic (exact) mass is 379 g/mol. The van der Waals surface area contributed by atoms with Crippen molar-refractivity contribution in [3.05, 3.63) is 49.7 Å². The van der Waals surface area contributed by atoms with Crippen LogP contribution in [0.5, 0.6) is 0 Å². The molecule has 2 aromatic rings. The fourth-order valence-electron chi connectivity index (χ4n) is 2.54. The first-order valence-electron chi connectivity index (χ1n) is 6.95. The normalized spacial score (nSPS) is 16.2. The van der Waals surface area contributed by atoms with Crippen molar-refractivity contribution >= 4 is 46.7 Å². The van der Waals surface area contributed by atoms with Gasteiger partial charge in [-0.05, 0) is 17.7 Å². The van der Waals surface area contributed by atoms with Crippen molar-refractivity contribution in [1.82, 2.24) is 9.97 Å². The summed E-state index contributed by atoms with van der Waals surface area (Å²) in [5.74, 6) is 2.42. The molecule has 0 radical (unpaired) electrons. The van der Waals surface area contributed by atoms with E-state index in [-0.39, 0.29) is 23.7 Å². The number of carbonyl (C=O) groups excluding carboxylic acids is 1. The fraction of sp³-hybridized carbons (Fsp3) is 0.188. The van der Waals surface area contributed by atoms with Gasteiger partial charge in [0, 0.05) is 12.3 Å². The van der Waals surface area contributed by atoms with E-state index in [1.54, 1.807) is 18.2 Å². The lowest BCUT2D eigenvalue weighted by Crippen LogP contribution is -2.31. The molecule has 0 bridgehead atoms. The Morgan fingerprint density at radius 2 is 2.12 bits per heavy atom. The standard InChI is InChI=1S/C16H11Cl2N3O2S/c1-2-5-24-16-20-14-13(15(23)21-16)9(7-12(22)19-14)8-3-4-10(17)11(18)6-8/h1,3-4,6,9H,5,7H2,(H2,19,20,21,22,23)/t9-/m1/s1. The van der Waals surface area contributed by atoms with Gasteiger partial charge in [-0.2, -0.15) is 0 Å². The molecule has 2 heterocycles. The Kier molecular flexibility index (Phi) is 4.86. The molecule has 0 saturated heterocycles. The smallest absolute Gasteiger partial charge is 0.257 e. The van der Waals surface area contributed by atoms with Gasteiger partial charge in [-0.1, -0.05) is 47.0 Å². The number of H-pyrrole nitrogens is 1. The summed E-state index contributed by atoms with van der Waals surface area (Å²) in [6, 6.07) is 5.06. The van der Waals surface area contributed by atoms with E-state index in [9.17, 15) is 9.59 Å². The second kappa shape index (κ2) is 6.89. The number of halogens is 2. The molecule has 2 N–H and O–H groups in total. The first-order chi connectivity index (χ1) is 11.5. The van der Waals surface area contributed by atoms with Crippen LogP contribution in [0.25, 0.3) is 0 Å². The molecule has 3 rings (SSSR count). The van der Waals surface area contributed by atoms with Gasteiger partial charge in [0.25, 0.3) is 5.56 Å². The highest BCUT2D eigenvalue weighted by molar-refractivity contribution is 7.99. The Labute approximate surface area is 152 Å². The number of benzene rings is 1. The number of rotatable bonds is 3. The number of thioether (sulfide) groups is 1. The molecule has 0 fully saturated rings. The summed E-state index contributed by atoms with van der Waals surface area (Å²) in [4.78, 5) is 31.6. The van der Waals surface area contributed by atoms with Crippen LogP contribution in [0, 0.1) is 12.3 Å². The number of nitrogens with one attached hydrogen (secondary N) is 2. The van der Waals surface area contributed by atoms with Crippen molar-refractivity contribution in [2.75, 3.05) is 11.1 Å². The summed E-state index contributed by atoms with van der Waals surface area (Å²) in [6.45, 7) is 0. The SMILES string of the molecule is C#CCSc1nc2c(c(=O)[nH]1)[C@@H](c1ccc(Cl)c(Cl)c1)CC(=O)N2. The lowest BCUT2D eigenvalue weighted by atomic mass is 9.87. The summed E-state index contributed by atoms with van der Waals surface area (Å²) < 4.78 is 0. The van der Waals surface area contributed by atoms with Crippen molar-refractivity contribution in [3.63, 3.8) is 0 Å². The number of aromatic nitrogens is 2. The van der Waals surface area contributed by atoms with Gasteiger partial charge in [0.2, 0.25) is 5.91 Å². The van der Waals surface area contributed by atoms with Crippen LogP contribution < -0.4 is 10.9 Å². The third-order valence-corrected chi connectivity index (χ3v) is 5.08. The lowest BCUT2D eigenvalue weighted by Gasteiger charge is -2.24. The summed E-state index contributed by atoms with van der Waals surface area (Å²) in [6.07, 6.45) is 5.35. The Hall–Kier alpha value is -1.94. The molecule has 24 heavy (non-hydrogen) atoms. The first kappa shape index (κ1) is 16.9. The number of terminal acetylenes is 1. The molecule has 1 aliphatic rings. The lowest BCUT2D eigenvalue weighted by molar-refractivity contribution is -0.116. The van der Waals surface area contributed by atoms with E-state index < -0.39 is 5.92 Å².